The minimum absolute atomic E-state index is 0.0736. The highest BCUT2D eigenvalue weighted by molar-refractivity contribution is 8.00. The van der Waals surface area contributed by atoms with Crippen molar-refractivity contribution in [3.8, 4) is 0 Å². The van der Waals surface area contributed by atoms with Crippen LogP contribution in [0.25, 0.3) is 0 Å². The smallest absolute Gasteiger partial charge is 0.235 e. The van der Waals surface area contributed by atoms with E-state index >= 15 is 0 Å². The lowest BCUT2D eigenvalue weighted by molar-refractivity contribution is -0.129. The highest BCUT2D eigenvalue weighted by Crippen LogP contribution is 2.26. The van der Waals surface area contributed by atoms with Crippen LogP contribution in [0.1, 0.15) is 6.92 Å². The van der Waals surface area contributed by atoms with Crippen molar-refractivity contribution in [2.24, 2.45) is 0 Å². The largest absolute Gasteiger partial charge is 0.388 e. The highest BCUT2D eigenvalue weighted by atomic mass is 35.5. The van der Waals surface area contributed by atoms with Gasteiger partial charge < -0.3 is 15.1 Å². The molecule has 19 heavy (non-hydrogen) atoms. The number of β-amino-alcohol motifs (C(OH)–C–C–N with tert-alkyl or cyclic N) is 2. The molecule has 1 heterocycles. The second kappa shape index (κ2) is 6.13. The van der Waals surface area contributed by atoms with Gasteiger partial charge in [-0.3, -0.25) is 4.79 Å². The van der Waals surface area contributed by atoms with Crippen LogP contribution >= 0.6 is 23.4 Å². The number of likely N-dealkylation sites (tertiary alicyclic amines) is 1. The summed E-state index contributed by atoms with van der Waals surface area (Å²) in [7, 11) is 0. The van der Waals surface area contributed by atoms with E-state index in [-0.39, 0.29) is 24.2 Å². The van der Waals surface area contributed by atoms with Crippen molar-refractivity contribution in [3.05, 3.63) is 29.3 Å². The van der Waals surface area contributed by atoms with Gasteiger partial charge in [-0.1, -0.05) is 11.6 Å². The van der Waals surface area contributed by atoms with Gasteiger partial charge >= 0.3 is 0 Å². The molecule has 1 fully saturated rings. The van der Waals surface area contributed by atoms with Crippen LogP contribution in [0.5, 0.6) is 0 Å². The van der Waals surface area contributed by atoms with E-state index in [4.69, 9.17) is 11.6 Å². The Kier molecular flexibility index (Phi) is 4.73. The van der Waals surface area contributed by atoms with E-state index < -0.39 is 12.2 Å². The Labute approximate surface area is 121 Å². The summed E-state index contributed by atoms with van der Waals surface area (Å²) in [6, 6.07) is 7.30. The minimum atomic E-state index is -0.836. The fourth-order valence-corrected chi connectivity index (χ4v) is 3.05. The number of aliphatic hydroxyl groups is 2. The predicted molar refractivity (Wildman–Crippen MR) is 75.4 cm³/mol. The molecule has 0 bridgehead atoms. The number of rotatable bonds is 3. The second-order valence-electron chi connectivity index (χ2n) is 4.59. The molecule has 6 heteroatoms. The summed E-state index contributed by atoms with van der Waals surface area (Å²) < 4.78 is 0. The second-order valence-corrected chi connectivity index (χ2v) is 6.44. The maximum atomic E-state index is 12.2. The van der Waals surface area contributed by atoms with E-state index in [2.05, 4.69) is 0 Å². The summed E-state index contributed by atoms with van der Waals surface area (Å²) >= 11 is 7.24. The molecule has 0 aliphatic carbocycles. The molecule has 2 N–H and O–H groups in total. The quantitative estimate of drug-likeness (QED) is 0.828. The van der Waals surface area contributed by atoms with Crippen LogP contribution in [-0.4, -0.2) is 51.6 Å². The molecular formula is C13H16ClNO3S. The lowest BCUT2D eigenvalue weighted by Gasteiger charge is -2.20. The number of thioether (sulfide) groups is 1. The third kappa shape index (κ3) is 3.63. The maximum Gasteiger partial charge on any atom is 0.235 e. The maximum absolute atomic E-state index is 12.2. The molecule has 1 aromatic rings. The van der Waals surface area contributed by atoms with Crippen LogP contribution in [0, 0.1) is 0 Å². The first-order valence-corrected chi connectivity index (χ1v) is 7.30. The van der Waals surface area contributed by atoms with Crippen molar-refractivity contribution >= 4 is 29.3 Å². The molecular weight excluding hydrogens is 286 g/mol. The van der Waals surface area contributed by atoms with Crippen molar-refractivity contribution in [1.29, 1.82) is 0 Å². The van der Waals surface area contributed by atoms with Crippen molar-refractivity contribution in [2.75, 3.05) is 13.1 Å². The van der Waals surface area contributed by atoms with Crippen molar-refractivity contribution in [1.82, 2.24) is 4.90 Å². The molecule has 0 aromatic heterocycles. The van der Waals surface area contributed by atoms with Crippen LogP contribution in [0.2, 0.25) is 5.02 Å². The van der Waals surface area contributed by atoms with Crippen molar-refractivity contribution < 1.29 is 15.0 Å². The Morgan fingerprint density at radius 1 is 1.32 bits per heavy atom. The SMILES string of the molecule is CC(Sc1ccc(Cl)cc1)C(=O)N1CC(O)C(O)C1. The van der Waals surface area contributed by atoms with E-state index in [1.807, 2.05) is 19.1 Å². The molecule has 0 radical (unpaired) electrons. The molecule has 1 aliphatic rings. The number of carbonyl (C=O) groups excluding carboxylic acids is 1. The topological polar surface area (TPSA) is 60.8 Å². The predicted octanol–water partition coefficient (Wildman–Crippen LogP) is 1.38. The molecule has 4 nitrogen and oxygen atoms in total. The lowest BCUT2D eigenvalue weighted by atomic mass is 10.3. The van der Waals surface area contributed by atoms with Crippen molar-refractivity contribution in [2.45, 2.75) is 29.3 Å². The fourth-order valence-electron chi connectivity index (χ4n) is 1.97. The third-order valence-corrected chi connectivity index (χ3v) is 4.40. The van der Waals surface area contributed by atoms with Gasteiger partial charge in [0.15, 0.2) is 0 Å². The number of nitrogens with zero attached hydrogens (tertiary/aromatic N) is 1. The summed E-state index contributed by atoms with van der Waals surface area (Å²) in [4.78, 5) is 14.6. The molecule has 1 saturated heterocycles. The van der Waals surface area contributed by atoms with Gasteiger partial charge in [0.25, 0.3) is 0 Å². The van der Waals surface area contributed by atoms with Gasteiger partial charge in [-0.2, -0.15) is 0 Å². The van der Waals surface area contributed by atoms with Crippen LogP contribution < -0.4 is 0 Å². The number of hydrogen-bond acceptors (Lipinski definition) is 4. The molecule has 1 aromatic carbocycles. The summed E-state index contributed by atoms with van der Waals surface area (Å²) in [6.45, 7) is 2.22. The van der Waals surface area contributed by atoms with Gasteiger partial charge in [-0.15, -0.1) is 11.8 Å². The molecule has 2 rings (SSSR count). The van der Waals surface area contributed by atoms with Crippen LogP contribution in [0.3, 0.4) is 0 Å². The summed E-state index contributed by atoms with van der Waals surface area (Å²) in [5.74, 6) is -0.0736. The number of aliphatic hydroxyl groups excluding tert-OH is 2. The summed E-state index contributed by atoms with van der Waals surface area (Å²) in [5.41, 5.74) is 0. The van der Waals surface area contributed by atoms with E-state index in [0.29, 0.717) is 5.02 Å². The van der Waals surface area contributed by atoms with Crippen LogP contribution in [0.15, 0.2) is 29.2 Å². The molecule has 3 unspecified atom stereocenters. The van der Waals surface area contributed by atoms with E-state index in [1.165, 1.54) is 16.7 Å². The first kappa shape index (κ1) is 14.7. The summed E-state index contributed by atoms with van der Waals surface area (Å²) in [5, 5.41) is 19.3. The van der Waals surface area contributed by atoms with Gasteiger partial charge in [-0.05, 0) is 31.2 Å². The van der Waals surface area contributed by atoms with Gasteiger partial charge in [0.05, 0.1) is 17.5 Å². The van der Waals surface area contributed by atoms with E-state index in [0.717, 1.165) is 4.90 Å². The third-order valence-electron chi connectivity index (χ3n) is 3.04. The zero-order chi connectivity index (χ0) is 14.0. The fraction of sp³-hybridized carbons (Fsp3) is 0.462. The summed E-state index contributed by atoms with van der Waals surface area (Å²) in [6.07, 6.45) is -1.67. The Hall–Kier alpha value is -0.750. The number of amides is 1. The first-order chi connectivity index (χ1) is 8.97. The Bertz CT molecular complexity index is 444. The zero-order valence-corrected chi connectivity index (χ0v) is 12.1. The Balaban J connectivity index is 1.94. The van der Waals surface area contributed by atoms with Gasteiger partial charge in [0, 0.05) is 23.0 Å². The lowest BCUT2D eigenvalue weighted by Crippen LogP contribution is -2.35. The van der Waals surface area contributed by atoms with Crippen LogP contribution in [-0.2, 0) is 4.79 Å². The monoisotopic (exact) mass is 301 g/mol. The average molecular weight is 302 g/mol. The molecule has 1 amide bonds. The Morgan fingerprint density at radius 2 is 1.84 bits per heavy atom. The number of halogens is 1. The van der Waals surface area contributed by atoms with Gasteiger partial charge in [0.2, 0.25) is 5.91 Å². The van der Waals surface area contributed by atoms with Crippen LogP contribution in [0.4, 0.5) is 0 Å². The molecule has 1 aliphatic heterocycles. The molecule has 104 valence electrons. The minimum Gasteiger partial charge on any atom is -0.388 e. The number of benzene rings is 1. The number of hydrogen-bond donors (Lipinski definition) is 2. The average Bonchev–Trinajstić information content (AvgIpc) is 2.71. The normalized spacial score (nSPS) is 24.5. The van der Waals surface area contributed by atoms with E-state index in [1.54, 1.807) is 12.1 Å². The zero-order valence-electron chi connectivity index (χ0n) is 10.5. The number of carbonyl (C=O) groups is 1. The standard InChI is InChI=1S/C13H16ClNO3S/c1-8(19-10-4-2-9(14)3-5-10)13(18)15-6-11(16)12(17)7-15/h2-5,8,11-12,16-17H,6-7H2,1H3. The van der Waals surface area contributed by atoms with Gasteiger partial charge in [-0.25, -0.2) is 0 Å². The van der Waals surface area contributed by atoms with E-state index in [9.17, 15) is 15.0 Å². The highest BCUT2D eigenvalue weighted by Gasteiger charge is 2.34. The molecule has 0 saturated carbocycles. The molecule has 3 atom stereocenters. The van der Waals surface area contributed by atoms with Gasteiger partial charge in [0.1, 0.15) is 0 Å². The molecule has 0 spiro atoms. The first-order valence-electron chi connectivity index (χ1n) is 6.04. The Morgan fingerprint density at radius 3 is 2.37 bits per heavy atom. The van der Waals surface area contributed by atoms with Crippen molar-refractivity contribution in [3.63, 3.8) is 0 Å².